The Bertz CT molecular complexity index is 770. The van der Waals surface area contributed by atoms with Crippen LogP contribution in [0, 0.1) is 0 Å². The number of carbonyl (C=O) groups excluding carboxylic acids is 2. The average Bonchev–Trinajstić information content (AvgIpc) is 2.90. The van der Waals surface area contributed by atoms with Crippen LogP contribution in [0.5, 0.6) is 11.5 Å². The molecule has 5 nitrogen and oxygen atoms in total. The van der Waals surface area contributed by atoms with Crippen molar-refractivity contribution in [1.29, 1.82) is 0 Å². The van der Waals surface area contributed by atoms with E-state index in [1.807, 2.05) is 12.1 Å². The highest BCUT2D eigenvalue weighted by molar-refractivity contribution is 5.99. The van der Waals surface area contributed by atoms with Crippen LogP contribution in [0.15, 0.2) is 36.4 Å². The molecule has 0 spiro atoms. The third-order valence-electron chi connectivity index (χ3n) is 4.00. The van der Waals surface area contributed by atoms with Crippen molar-refractivity contribution in [3.05, 3.63) is 58.7 Å². The van der Waals surface area contributed by atoms with E-state index in [0.717, 1.165) is 17.4 Å². The first-order valence-electron chi connectivity index (χ1n) is 7.24. The first kappa shape index (κ1) is 15.1. The molecule has 1 amide bonds. The molecule has 0 saturated carbocycles. The number of hydrogen-bond donors (Lipinski definition) is 0. The van der Waals surface area contributed by atoms with E-state index < -0.39 is 0 Å². The van der Waals surface area contributed by atoms with E-state index >= 15 is 0 Å². The Hall–Kier alpha value is -2.82. The number of ether oxygens (including phenoxy) is 2. The van der Waals surface area contributed by atoms with Crippen molar-refractivity contribution in [2.24, 2.45) is 0 Å². The molecule has 0 aromatic heterocycles. The van der Waals surface area contributed by atoms with Gasteiger partial charge in [0.2, 0.25) is 0 Å². The Morgan fingerprint density at radius 2 is 1.96 bits per heavy atom. The fourth-order valence-electron chi connectivity index (χ4n) is 2.79. The monoisotopic (exact) mass is 311 g/mol. The summed E-state index contributed by atoms with van der Waals surface area (Å²) < 4.78 is 10.6. The van der Waals surface area contributed by atoms with Gasteiger partial charge < -0.3 is 14.4 Å². The molecule has 0 N–H and O–H groups in total. The molecule has 0 atom stereocenters. The van der Waals surface area contributed by atoms with Gasteiger partial charge >= 0.3 is 0 Å². The van der Waals surface area contributed by atoms with Gasteiger partial charge in [-0.15, -0.1) is 0 Å². The molecule has 1 aliphatic heterocycles. The summed E-state index contributed by atoms with van der Waals surface area (Å²) in [4.78, 5) is 25.1. The second kappa shape index (κ2) is 6.12. The summed E-state index contributed by atoms with van der Waals surface area (Å²) in [6.07, 6.45) is 0.792. The van der Waals surface area contributed by atoms with Crippen LogP contribution in [0.25, 0.3) is 0 Å². The van der Waals surface area contributed by atoms with Crippen LogP contribution >= 0.6 is 0 Å². The van der Waals surface area contributed by atoms with Crippen LogP contribution in [0.2, 0.25) is 0 Å². The molecule has 2 aromatic carbocycles. The molecule has 0 unspecified atom stereocenters. The van der Waals surface area contributed by atoms with Gasteiger partial charge in [-0.3, -0.25) is 9.59 Å². The van der Waals surface area contributed by atoms with Crippen molar-refractivity contribution < 1.29 is 19.1 Å². The third-order valence-corrected chi connectivity index (χ3v) is 4.00. The lowest BCUT2D eigenvalue weighted by molar-refractivity contribution is 0.0765. The molecule has 3 rings (SSSR count). The lowest BCUT2D eigenvalue weighted by Gasteiger charge is -2.18. The van der Waals surface area contributed by atoms with Gasteiger partial charge in [0.1, 0.15) is 17.8 Å². The molecule has 0 aliphatic carbocycles. The SMILES string of the molecule is COc1ccc(CN2Cc3cc(C=O)ccc3C2=O)c(OC)c1. The first-order valence-corrected chi connectivity index (χ1v) is 7.24. The Kier molecular flexibility index (Phi) is 4.02. The van der Waals surface area contributed by atoms with E-state index in [4.69, 9.17) is 9.47 Å². The predicted molar refractivity (Wildman–Crippen MR) is 85.0 cm³/mol. The fraction of sp³-hybridized carbons (Fsp3) is 0.222. The summed E-state index contributed by atoms with van der Waals surface area (Å²) >= 11 is 0. The van der Waals surface area contributed by atoms with Gasteiger partial charge in [0.05, 0.1) is 14.2 Å². The van der Waals surface area contributed by atoms with Gasteiger partial charge in [-0.05, 0) is 29.8 Å². The zero-order valence-electron chi connectivity index (χ0n) is 13.0. The molecular weight excluding hydrogens is 294 g/mol. The van der Waals surface area contributed by atoms with Crippen molar-refractivity contribution in [3.63, 3.8) is 0 Å². The van der Waals surface area contributed by atoms with Gasteiger partial charge in [-0.25, -0.2) is 0 Å². The van der Waals surface area contributed by atoms with E-state index in [1.165, 1.54) is 0 Å². The number of methoxy groups -OCH3 is 2. The second-order valence-electron chi connectivity index (χ2n) is 5.37. The van der Waals surface area contributed by atoms with Crippen LogP contribution < -0.4 is 9.47 Å². The quantitative estimate of drug-likeness (QED) is 0.797. The van der Waals surface area contributed by atoms with Crippen LogP contribution in [-0.4, -0.2) is 31.3 Å². The van der Waals surface area contributed by atoms with Crippen molar-refractivity contribution in [3.8, 4) is 11.5 Å². The maximum atomic E-state index is 12.5. The Balaban J connectivity index is 1.85. The molecule has 1 aliphatic rings. The highest BCUT2D eigenvalue weighted by Crippen LogP contribution is 2.30. The lowest BCUT2D eigenvalue weighted by Crippen LogP contribution is -2.23. The number of nitrogens with zero attached hydrogens (tertiary/aromatic N) is 1. The topological polar surface area (TPSA) is 55.8 Å². The fourth-order valence-corrected chi connectivity index (χ4v) is 2.79. The standard InChI is InChI=1S/C18H17NO4/c1-22-15-5-4-13(17(8-15)23-2)9-19-10-14-7-12(11-20)3-6-16(14)18(19)21/h3-8,11H,9-10H2,1-2H3. The molecular formula is C18H17NO4. The van der Waals surface area contributed by atoms with Crippen molar-refractivity contribution in [2.45, 2.75) is 13.1 Å². The van der Waals surface area contributed by atoms with Crippen molar-refractivity contribution >= 4 is 12.2 Å². The zero-order valence-corrected chi connectivity index (χ0v) is 13.0. The summed E-state index contributed by atoms with van der Waals surface area (Å²) in [6.45, 7) is 0.933. The van der Waals surface area contributed by atoms with E-state index in [9.17, 15) is 9.59 Å². The molecule has 0 fully saturated rings. The largest absolute Gasteiger partial charge is 0.497 e. The molecule has 0 bridgehead atoms. The highest BCUT2D eigenvalue weighted by Gasteiger charge is 2.28. The van der Waals surface area contributed by atoms with Crippen molar-refractivity contribution in [2.75, 3.05) is 14.2 Å². The number of benzene rings is 2. The summed E-state index contributed by atoms with van der Waals surface area (Å²) in [6, 6.07) is 10.7. The van der Waals surface area contributed by atoms with Crippen LogP contribution in [0.4, 0.5) is 0 Å². The highest BCUT2D eigenvalue weighted by atomic mass is 16.5. The van der Waals surface area contributed by atoms with E-state index in [0.29, 0.717) is 35.7 Å². The second-order valence-corrected chi connectivity index (χ2v) is 5.37. The number of rotatable bonds is 5. The Morgan fingerprint density at radius 1 is 1.13 bits per heavy atom. The van der Waals surface area contributed by atoms with E-state index in [1.54, 1.807) is 43.4 Å². The molecule has 0 radical (unpaired) electrons. The minimum atomic E-state index is -0.0321. The third kappa shape index (κ3) is 2.77. The maximum absolute atomic E-state index is 12.5. The van der Waals surface area contributed by atoms with Gasteiger partial charge in [0.25, 0.3) is 5.91 Å². The molecule has 118 valence electrons. The number of aldehydes is 1. The van der Waals surface area contributed by atoms with Gasteiger partial charge in [-0.1, -0.05) is 6.07 Å². The molecule has 1 heterocycles. The summed E-state index contributed by atoms with van der Waals surface area (Å²) in [5, 5.41) is 0. The van der Waals surface area contributed by atoms with Crippen molar-refractivity contribution in [1.82, 2.24) is 4.90 Å². The van der Waals surface area contributed by atoms with Gasteiger partial charge in [0.15, 0.2) is 0 Å². The first-order chi connectivity index (χ1) is 11.2. The van der Waals surface area contributed by atoms with Gasteiger partial charge in [0, 0.05) is 35.8 Å². The zero-order chi connectivity index (χ0) is 16.4. The normalized spacial score (nSPS) is 13.0. The molecule has 2 aromatic rings. The van der Waals surface area contributed by atoms with Crippen LogP contribution in [-0.2, 0) is 13.1 Å². The van der Waals surface area contributed by atoms with Crippen LogP contribution in [0.3, 0.4) is 0 Å². The average molecular weight is 311 g/mol. The van der Waals surface area contributed by atoms with E-state index in [2.05, 4.69) is 0 Å². The molecule has 0 saturated heterocycles. The van der Waals surface area contributed by atoms with Crippen LogP contribution in [0.1, 0.15) is 31.8 Å². The smallest absolute Gasteiger partial charge is 0.254 e. The molecule has 5 heteroatoms. The van der Waals surface area contributed by atoms with E-state index in [-0.39, 0.29) is 5.91 Å². The summed E-state index contributed by atoms with van der Waals surface area (Å²) in [5.74, 6) is 1.36. The predicted octanol–water partition coefficient (Wildman–Crippen LogP) is 2.67. The molecule has 23 heavy (non-hydrogen) atoms. The number of fused-ring (bicyclic) bond motifs is 1. The summed E-state index contributed by atoms with van der Waals surface area (Å²) in [7, 11) is 3.19. The summed E-state index contributed by atoms with van der Waals surface area (Å²) in [5.41, 5.74) is 3.03. The number of amides is 1. The minimum Gasteiger partial charge on any atom is -0.497 e. The lowest BCUT2D eigenvalue weighted by atomic mass is 10.1. The Morgan fingerprint density at radius 3 is 2.65 bits per heavy atom. The Labute approximate surface area is 134 Å². The van der Waals surface area contributed by atoms with Gasteiger partial charge in [-0.2, -0.15) is 0 Å². The maximum Gasteiger partial charge on any atom is 0.254 e. The number of hydrogen-bond acceptors (Lipinski definition) is 4. The number of carbonyl (C=O) groups is 2. The minimum absolute atomic E-state index is 0.0321.